The lowest BCUT2D eigenvalue weighted by Crippen LogP contribution is -2.21. The van der Waals surface area contributed by atoms with Crippen LogP contribution in [0.4, 0.5) is 0 Å². The number of carbonyl (C=O) groups is 2. The molecule has 4 aromatic rings. The number of aromatic nitrogens is 1. The van der Waals surface area contributed by atoms with Gasteiger partial charge in [0.25, 0.3) is 0 Å². The number of benzene rings is 3. The van der Waals surface area contributed by atoms with Crippen LogP contribution in [0.25, 0.3) is 20.8 Å². The molecule has 1 heterocycles. The van der Waals surface area contributed by atoms with Crippen molar-refractivity contribution in [1.29, 1.82) is 0 Å². The zero-order valence-electron chi connectivity index (χ0n) is 13.4. The highest BCUT2D eigenvalue weighted by Crippen LogP contribution is 2.39. The molecule has 0 amide bonds. The Labute approximate surface area is 158 Å². The van der Waals surface area contributed by atoms with E-state index in [1.54, 1.807) is 41.7 Å². The van der Waals surface area contributed by atoms with E-state index in [4.69, 9.17) is 0 Å². The molecule has 5 heteroatoms. The highest BCUT2D eigenvalue weighted by atomic mass is 32.1. The maximum Gasteiger partial charge on any atom is 0.195 e. The van der Waals surface area contributed by atoms with Gasteiger partial charge in [-0.05, 0) is 18.2 Å². The number of hydrogen-bond donors (Lipinski definition) is 1. The van der Waals surface area contributed by atoms with Crippen LogP contribution in [0, 0.1) is 0 Å². The summed E-state index contributed by atoms with van der Waals surface area (Å²) in [4.78, 5) is 31.0. The van der Waals surface area contributed by atoms with Gasteiger partial charge in [0.05, 0.1) is 10.2 Å². The van der Waals surface area contributed by atoms with Gasteiger partial charge in [0.2, 0.25) is 0 Å². The van der Waals surface area contributed by atoms with Crippen molar-refractivity contribution in [2.45, 2.75) is 4.90 Å². The number of nitrogens with zero attached hydrogens (tertiary/aromatic N) is 1. The van der Waals surface area contributed by atoms with Gasteiger partial charge in [-0.1, -0.05) is 42.5 Å². The van der Waals surface area contributed by atoms with Crippen molar-refractivity contribution >= 4 is 45.7 Å². The third-order valence-electron chi connectivity index (χ3n) is 4.59. The normalized spacial score (nSPS) is 13.0. The molecule has 1 aliphatic carbocycles. The molecule has 26 heavy (non-hydrogen) atoms. The number of hydrogen-bond acceptors (Lipinski definition) is 5. The quantitative estimate of drug-likeness (QED) is 0.419. The number of carbonyl (C=O) groups excluding carboxylic acids is 2. The molecule has 5 rings (SSSR count). The summed E-state index contributed by atoms with van der Waals surface area (Å²) < 4.78 is 1.07. The van der Waals surface area contributed by atoms with Crippen molar-refractivity contribution in [3.8, 4) is 10.6 Å². The van der Waals surface area contributed by atoms with E-state index in [0.717, 1.165) is 20.8 Å². The van der Waals surface area contributed by atoms with Crippen molar-refractivity contribution in [2.75, 3.05) is 0 Å². The van der Waals surface area contributed by atoms with E-state index in [2.05, 4.69) is 17.6 Å². The minimum absolute atomic E-state index is 0.138. The minimum atomic E-state index is -0.164. The van der Waals surface area contributed by atoms with Crippen LogP contribution >= 0.6 is 24.0 Å². The predicted octanol–water partition coefficient (Wildman–Crippen LogP) is 5.03. The van der Waals surface area contributed by atoms with Crippen molar-refractivity contribution < 1.29 is 9.59 Å². The first-order valence-corrected chi connectivity index (χ1v) is 9.32. The third kappa shape index (κ3) is 2.11. The monoisotopic (exact) mass is 373 g/mol. The van der Waals surface area contributed by atoms with Gasteiger partial charge in [-0.2, -0.15) is 0 Å². The minimum Gasteiger partial charge on any atom is -0.289 e. The second-order valence-corrected chi connectivity index (χ2v) is 7.55. The molecule has 1 aliphatic rings. The summed E-state index contributed by atoms with van der Waals surface area (Å²) >= 11 is 6.17. The van der Waals surface area contributed by atoms with Crippen molar-refractivity contribution in [2.24, 2.45) is 0 Å². The average molecular weight is 373 g/mol. The van der Waals surface area contributed by atoms with Gasteiger partial charge in [-0.25, -0.2) is 4.98 Å². The molecule has 3 nitrogen and oxygen atoms in total. The number of thiazole rings is 1. The summed E-state index contributed by atoms with van der Waals surface area (Å²) in [5.74, 6) is -0.301. The summed E-state index contributed by atoms with van der Waals surface area (Å²) in [7, 11) is 0. The molecular formula is C21H11NO2S2. The molecule has 0 bridgehead atoms. The molecule has 0 aliphatic heterocycles. The average Bonchev–Trinajstić information content (AvgIpc) is 3.09. The van der Waals surface area contributed by atoms with Gasteiger partial charge in [0, 0.05) is 32.7 Å². The highest BCUT2D eigenvalue weighted by Gasteiger charge is 2.32. The Hall–Kier alpha value is -2.76. The zero-order chi connectivity index (χ0) is 17.8. The van der Waals surface area contributed by atoms with E-state index in [9.17, 15) is 9.59 Å². The van der Waals surface area contributed by atoms with Gasteiger partial charge in [-0.3, -0.25) is 9.59 Å². The molecule has 0 spiro atoms. The molecule has 0 radical (unpaired) electrons. The van der Waals surface area contributed by atoms with E-state index < -0.39 is 0 Å². The maximum atomic E-state index is 13.0. The molecule has 0 saturated heterocycles. The SMILES string of the molecule is O=C1c2ccccc2C(=O)c2c1ccc(-c1nc3ccccc3s1)c2S. The number of fused-ring (bicyclic) bond motifs is 3. The van der Waals surface area contributed by atoms with Crippen LogP contribution < -0.4 is 0 Å². The van der Waals surface area contributed by atoms with E-state index in [1.165, 1.54) is 0 Å². The van der Waals surface area contributed by atoms with Crippen LogP contribution in [0.2, 0.25) is 0 Å². The predicted molar refractivity (Wildman–Crippen MR) is 106 cm³/mol. The van der Waals surface area contributed by atoms with E-state index in [-0.39, 0.29) is 11.6 Å². The Morgan fingerprint density at radius 2 is 1.38 bits per heavy atom. The van der Waals surface area contributed by atoms with Gasteiger partial charge in [0.1, 0.15) is 5.01 Å². The largest absolute Gasteiger partial charge is 0.289 e. The lowest BCUT2D eigenvalue weighted by atomic mass is 9.83. The number of ketones is 2. The lowest BCUT2D eigenvalue weighted by Gasteiger charge is -2.19. The van der Waals surface area contributed by atoms with Gasteiger partial charge in [0.15, 0.2) is 11.6 Å². The van der Waals surface area contributed by atoms with Crippen LogP contribution in [0.5, 0.6) is 0 Å². The summed E-state index contributed by atoms with van der Waals surface area (Å²) in [6, 6.07) is 18.3. The van der Waals surface area contributed by atoms with Crippen molar-refractivity contribution in [3.05, 3.63) is 82.9 Å². The van der Waals surface area contributed by atoms with Gasteiger partial charge < -0.3 is 0 Å². The fraction of sp³-hybridized carbons (Fsp3) is 0. The molecule has 1 aromatic heterocycles. The smallest absolute Gasteiger partial charge is 0.195 e. The Bertz CT molecular complexity index is 1210. The first kappa shape index (κ1) is 15.5. The molecule has 0 unspecified atom stereocenters. The first-order valence-electron chi connectivity index (χ1n) is 8.05. The van der Waals surface area contributed by atoms with E-state index in [1.807, 2.05) is 30.3 Å². The summed E-state index contributed by atoms with van der Waals surface area (Å²) in [6.07, 6.45) is 0. The second-order valence-electron chi connectivity index (χ2n) is 6.07. The van der Waals surface area contributed by atoms with E-state index >= 15 is 0 Å². The summed E-state index contributed by atoms with van der Waals surface area (Å²) in [6.45, 7) is 0. The Balaban J connectivity index is 1.74. The summed E-state index contributed by atoms with van der Waals surface area (Å²) in [5, 5.41) is 0.790. The molecule has 3 aromatic carbocycles. The number of rotatable bonds is 1. The first-order chi connectivity index (χ1) is 12.6. The zero-order valence-corrected chi connectivity index (χ0v) is 15.1. The fourth-order valence-corrected chi connectivity index (χ4v) is 4.80. The second kappa shape index (κ2) is 5.62. The van der Waals surface area contributed by atoms with E-state index in [0.29, 0.717) is 27.1 Å². The number of para-hydroxylation sites is 1. The van der Waals surface area contributed by atoms with Crippen LogP contribution in [-0.2, 0) is 0 Å². The maximum absolute atomic E-state index is 13.0. The van der Waals surface area contributed by atoms with Crippen molar-refractivity contribution in [1.82, 2.24) is 4.98 Å². The Morgan fingerprint density at radius 1 is 0.731 bits per heavy atom. The van der Waals surface area contributed by atoms with Gasteiger partial charge in [-0.15, -0.1) is 24.0 Å². The van der Waals surface area contributed by atoms with Crippen LogP contribution in [-0.4, -0.2) is 16.6 Å². The van der Waals surface area contributed by atoms with Crippen LogP contribution in [0.3, 0.4) is 0 Å². The van der Waals surface area contributed by atoms with Crippen LogP contribution in [0.1, 0.15) is 31.8 Å². The standard InChI is InChI=1S/C21H11NO2S2/c23-18-11-5-1-2-6-12(11)19(24)17-13(18)9-10-14(20(17)25)21-22-15-7-3-4-8-16(15)26-21/h1-10,25H. The Morgan fingerprint density at radius 3 is 2.15 bits per heavy atom. The third-order valence-corrected chi connectivity index (χ3v) is 6.12. The lowest BCUT2D eigenvalue weighted by molar-refractivity contribution is 0.0977. The number of thiol groups is 1. The topological polar surface area (TPSA) is 47.0 Å². The molecular weight excluding hydrogens is 362 g/mol. The molecule has 0 atom stereocenters. The molecule has 0 fully saturated rings. The molecule has 0 N–H and O–H groups in total. The van der Waals surface area contributed by atoms with Crippen LogP contribution in [0.15, 0.2) is 65.6 Å². The highest BCUT2D eigenvalue weighted by molar-refractivity contribution is 7.80. The molecule has 124 valence electrons. The summed E-state index contributed by atoms with van der Waals surface area (Å²) in [5.41, 5.74) is 3.34. The van der Waals surface area contributed by atoms with Gasteiger partial charge >= 0.3 is 0 Å². The van der Waals surface area contributed by atoms with Crippen molar-refractivity contribution in [3.63, 3.8) is 0 Å². The fourth-order valence-electron chi connectivity index (χ4n) is 3.33. The Kier molecular flexibility index (Phi) is 3.35. The molecule has 0 saturated carbocycles.